The molecule has 0 saturated heterocycles. The van der Waals surface area contributed by atoms with E-state index in [0.717, 1.165) is 22.2 Å². The summed E-state index contributed by atoms with van der Waals surface area (Å²) in [5.74, 6) is 0.278. The molecule has 1 N–H and O–H groups in total. The predicted octanol–water partition coefficient (Wildman–Crippen LogP) is 2.21. The van der Waals surface area contributed by atoms with Crippen LogP contribution in [0.25, 0.3) is 0 Å². The average molecular weight is 241 g/mol. The molecule has 1 aromatic heterocycles. The molecule has 1 heterocycles. The zero-order valence-corrected chi connectivity index (χ0v) is 8.74. The maximum atomic E-state index is 8.82. The molecule has 3 nitrogen and oxygen atoms in total. The minimum Gasteiger partial charge on any atom is -0.411 e. The highest BCUT2D eigenvalue weighted by Gasteiger charge is 2.27. The maximum Gasteiger partial charge on any atom is 0.0917 e. The number of oxime groups is 1. The van der Waals surface area contributed by atoms with Gasteiger partial charge in [0.1, 0.15) is 0 Å². The van der Waals surface area contributed by atoms with Crippen LogP contribution in [0, 0.1) is 5.92 Å². The number of nitrogens with zero attached hydrogens (tertiary/aromatic N) is 2. The second-order valence-electron chi connectivity index (χ2n) is 3.24. The predicted molar refractivity (Wildman–Crippen MR) is 53.1 cm³/mol. The number of hydrogen-bond acceptors (Lipinski definition) is 3. The van der Waals surface area contributed by atoms with Gasteiger partial charge in [0.15, 0.2) is 0 Å². The Balaban J connectivity index is 2.61. The van der Waals surface area contributed by atoms with Crippen LogP contribution in [-0.4, -0.2) is 15.9 Å². The van der Waals surface area contributed by atoms with Crippen molar-refractivity contribution in [1.29, 1.82) is 0 Å². The summed E-state index contributed by atoms with van der Waals surface area (Å²) < 4.78 is 0.996. The lowest BCUT2D eigenvalue weighted by Crippen LogP contribution is -2.05. The van der Waals surface area contributed by atoms with E-state index >= 15 is 0 Å². The van der Waals surface area contributed by atoms with Crippen molar-refractivity contribution in [2.45, 2.75) is 13.3 Å². The quantitative estimate of drug-likeness (QED) is 0.559. The first kappa shape index (κ1) is 8.69. The normalized spacial score (nSPS) is 23.5. The number of aromatic nitrogens is 1. The van der Waals surface area contributed by atoms with E-state index in [1.54, 1.807) is 12.4 Å². The van der Waals surface area contributed by atoms with Crippen molar-refractivity contribution in [2.75, 3.05) is 0 Å². The molecule has 68 valence electrons. The fourth-order valence-electron chi connectivity index (χ4n) is 1.71. The molecule has 0 spiro atoms. The second kappa shape index (κ2) is 3.10. The molecule has 1 atom stereocenters. The van der Waals surface area contributed by atoms with E-state index in [1.807, 2.05) is 6.92 Å². The van der Waals surface area contributed by atoms with Crippen LogP contribution in [0.5, 0.6) is 0 Å². The van der Waals surface area contributed by atoms with Crippen LogP contribution in [0.4, 0.5) is 0 Å². The summed E-state index contributed by atoms with van der Waals surface area (Å²) in [6, 6.07) is 0. The van der Waals surface area contributed by atoms with Gasteiger partial charge in [-0.3, -0.25) is 4.98 Å². The minimum atomic E-state index is 0.278. The molecular weight excluding hydrogens is 232 g/mol. The van der Waals surface area contributed by atoms with Crippen LogP contribution in [0.15, 0.2) is 22.0 Å². The molecule has 0 bridgehead atoms. The highest BCUT2D eigenvalue weighted by molar-refractivity contribution is 9.10. The van der Waals surface area contributed by atoms with Gasteiger partial charge < -0.3 is 5.21 Å². The first-order chi connectivity index (χ1) is 6.24. The van der Waals surface area contributed by atoms with Gasteiger partial charge in [-0.25, -0.2) is 0 Å². The number of fused-ring (bicyclic) bond motifs is 1. The summed E-state index contributed by atoms with van der Waals surface area (Å²) in [5, 5.41) is 12.1. The van der Waals surface area contributed by atoms with Crippen LogP contribution in [0.3, 0.4) is 0 Å². The standard InChI is InChI=1S/C9H9BrN2O/c1-5-2-6-7(9(5)12-13)3-11-4-8(6)10/h3-5,13H,2H2,1H3/b12-9+. The Hall–Kier alpha value is -0.900. The SMILES string of the molecule is CC1Cc2c(Br)cncc2/C1=N/O. The molecule has 0 amide bonds. The number of rotatable bonds is 0. The maximum absolute atomic E-state index is 8.82. The highest BCUT2D eigenvalue weighted by Crippen LogP contribution is 2.31. The Kier molecular flexibility index (Phi) is 2.07. The van der Waals surface area contributed by atoms with E-state index in [-0.39, 0.29) is 5.92 Å². The fourth-order valence-corrected chi connectivity index (χ4v) is 2.20. The van der Waals surface area contributed by atoms with Crippen LogP contribution < -0.4 is 0 Å². The van der Waals surface area contributed by atoms with Gasteiger partial charge in [0.25, 0.3) is 0 Å². The smallest absolute Gasteiger partial charge is 0.0917 e. The minimum absolute atomic E-state index is 0.278. The van der Waals surface area contributed by atoms with E-state index < -0.39 is 0 Å². The zero-order valence-electron chi connectivity index (χ0n) is 7.16. The summed E-state index contributed by atoms with van der Waals surface area (Å²) in [7, 11) is 0. The van der Waals surface area contributed by atoms with Gasteiger partial charge in [-0.2, -0.15) is 0 Å². The Bertz CT molecular complexity index is 376. The summed E-state index contributed by atoms with van der Waals surface area (Å²) in [6.45, 7) is 2.04. The first-order valence-electron chi connectivity index (χ1n) is 4.08. The molecule has 1 aromatic rings. The molecule has 0 aromatic carbocycles. The molecule has 0 radical (unpaired) electrons. The third kappa shape index (κ3) is 1.25. The van der Waals surface area contributed by atoms with Gasteiger partial charge in [0.05, 0.1) is 5.71 Å². The van der Waals surface area contributed by atoms with Gasteiger partial charge >= 0.3 is 0 Å². The molecule has 13 heavy (non-hydrogen) atoms. The Morgan fingerprint density at radius 1 is 1.62 bits per heavy atom. The van der Waals surface area contributed by atoms with Gasteiger partial charge in [-0.1, -0.05) is 12.1 Å². The largest absolute Gasteiger partial charge is 0.411 e. The lowest BCUT2D eigenvalue weighted by Gasteiger charge is -1.99. The van der Waals surface area contributed by atoms with Gasteiger partial charge in [-0.15, -0.1) is 0 Å². The van der Waals surface area contributed by atoms with Crippen molar-refractivity contribution in [3.8, 4) is 0 Å². The lowest BCUT2D eigenvalue weighted by molar-refractivity contribution is 0.316. The molecule has 0 saturated carbocycles. The molecule has 0 fully saturated rings. The first-order valence-corrected chi connectivity index (χ1v) is 4.88. The van der Waals surface area contributed by atoms with Crippen LogP contribution >= 0.6 is 15.9 Å². The summed E-state index contributed by atoms with van der Waals surface area (Å²) in [4.78, 5) is 4.05. The van der Waals surface area contributed by atoms with Crippen molar-refractivity contribution in [3.05, 3.63) is 28.0 Å². The molecule has 1 aliphatic rings. The van der Waals surface area contributed by atoms with Crippen LogP contribution in [0.2, 0.25) is 0 Å². The van der Waals surface area contributed by atoms with Crippen LogP contribution in [0.1, 0.15) is 18.1 Å². The molecule has 1 unspecified atom stereocenters. The van der Waals surface area contributed by atoms with E-state index in [2.05, 4.69) is 26.1 Å². The Labute approximate surface area is 84.6 Å². The molecule has 2 rings (SSSR count). The van der Waals surface area contributed by atoms with Crippen molar-refractivity contribution >= 4 is 21.6 Å². The molecule has 0 aliphatic heterocycles. The van der Waals surface area contributed by atoms with Gasteiger partial charge in [-0.05, 0) is 27.9 Å². The molecular formula is C9H9BrN2O. The van der Waals surface area contributed by atoms with E-state index in [9.17, 15) is 0 Å². The third-order valence-corrected chi connectivity index (χ3v) is 3.05. The van der Waals surface area contributed by atoms with Crippen molar-refractivity contribution < 1.29 is 5.21 Å². The summed E-state index contributed by atoms with van der Waals surface area (Å²) in [5.41, 5.74) is 2.89. The Morgan fingerprint density at radius 3 is 3.08 bits per heavy atom. The van der Waals surface area contributed by atoms with Crippen molar-refractivity contribution in [3.63, 3.8) is 0 Å². The zero-order chi connectivity index (χ0) is 9.42. The van der Waals surface area contributed by atoms with E-state index in [4.69, 9.17) is 5.21 Å². The number of halogens is 1. The van der Waals surface area contributed by atoms with Crippen LogP contribution in [-0.2, 0) is 6.42 Å². The summed E-state index contributed by atoms with van der Waals surface area (Å²) in [6.07, 6.45) is 4.43. The average Bonchev–Trinajstić information content (AvgIpc) is 2.43. The molecule has 1 aliphatic carbocycles. The van der Waals surface area contributed by atoms with Crippen molar-refractivity contribution in [1.82, 2.24) is 4.98 Å². The van der Waals surface area contributed by atoms with Crippen molar-refractivity contribution in [2.24, 2.45) is 11.1 Å². The highest BCUT2D eigenvalue weighted by atomic mass is 79.9. The third-order valence-electron chi connectivity index (χ3n) is 2.37. The topological polar surface area (TPSA) is 45.5 Å². The summed E-state index contributed by atoms with van der Waals surface area (Å²) >= 11 is 3.43. The van der Waals surface area contributed by atoms with Gasteiger partial charge in [0.2, 0.25) is 0 Å². The van der Waals surface area contributed by atoms with E-state index in [1.165, 1.54) is 5.56 Å². The lowest BCUT2D eigenvalue weighted by atomic mass is 10.1. The van der Waals surface area contributed by atoms with Gasteiger partial charge in [0, 0.05) is 28.3 Å². The second-order valence-corrected chi connectivity index (χ2v) is 4.09. The fraction of sp³-hybridized carbons (Fsp3) is 0.333. The molecule has 4 heteroatoms. The monoisotopic (exact) mass is 240 g/mol. The van der Waals surface area contributed by atoms with E-state index in [0.29, 0.717) is 0 Å². The number of hydrogen-bond donors (Lipinski definition) is 1. The Morgan fingerprint density at radius 2 is 2.38 bits per heavy atom. The number of pyridine rings is 1.